The molecular weight excluding hydrogens is 392 g/mol. The molecule has 2 aromatic heterocycles. The van der Waals surface area contributed by atoms with E-state index in [2.05, 4.69) is 4.98 Å². The zero-order chi connectivity index (χ0) is 19.6. The van der Waals surface area contributed by atoms with Gasteiger partial charge in [0.1, 0.15) is 16.3 Å². The molecule has 0 radical (unpaired) electrons. The predicted molar refractivity (Wildman–Crippen MR) is 104 cm³/mol. The van der Waals surface area contributed by atoms with Crippen LogP contribution in [0.5, 0.6) is 0 Å². The molecule has 27 heavy (non-hydrogen) atoms. The van der Waals surface area contributed by atoms with Crippen molar-refractivity contribution in [2.45, 2.75) is 19.0 Å². The third-order valence-electron chi connectivity index (χ3n) is 4.00. The highest BCUT2D eigenvalue weighted by Crippen LogP contribution is 2.24. The lowest BCUT2D eigenvalue weighted by Crippen LogP contribution is -2.32. The van der Waals surface area contributed by atoms with Crippen LogP contribution in [-0.4, -0.2) is 39.2 Å². The van der Waals surface area contributed by atoms with Gasteiger partial charge in [-0.15, -0.1) is 11.3 Å². The van der Waals surface area contributed by atoms with Gasteiger partial charge in [-0.25, -0.2) is 13.8 Å². The number of nitrogens with zero attached hydrogens (tertiary/aromatic N) is 3. The number of hydrogen-bond donors (Lipinski definition) is 0. The fraction of sp³-hybridized carbons (Fsp3) is 0.278. The van der Waals surface area contributed by atoms with Crippen molar-refractivity contribution < 1.29 is 13.6 Å². The highest BCUT2D eigenvalue weighted by Gasteiger charge is 2.18. The first-order valence-corrected chi connectivity index (χ1v) is 10.2. The number of aromatic nitrogens is 2. The Bertz CT molecular complexity index is 1020. The molecule has 0 aliphatic rings. The lowest BCUT2D eigenvalue weighted by Gasteiger charge is -2.18. The Balaban J connectivity index is 2.08. The summed E-state index contributed by atoms with van der Waals surface area (Å²) >= 11 is 2.28. The molecule has 0 N–H and O–H groups in total. The van der Waals surface area contributed by atoms with E-state index >= 15 is 0 Å². The van der Waals surface area contributed by atoms with E-state index in [-0.39, 0.29) is 22.5 Å². The molecule has 0 fully saturated rings. The maximum absolute atomic E-state index is 13.7. The molecule has 3 aromatic rings. The van der Waals surface area contributed by atoms with E-state index in [1.807, 2.05) is 13.8 Å². The lowest BCUT2D eigenvalue weighted by molar-refractivity contribution is -0.127. The second kappa shape index (κ2) is 8.18. The second-order valence-corrected chi connectivity index (χ2v) is 7.51. The molecule has 1 aromatic carbocycles. The van der Waals surface area contributed by atoms with Gasteiger partial charge in [0.15, 0.2) is 5.16 Å². The lowest BCUT2D eigenvalue weighted by atomic mass is 10.3. The smallest absolute Gasteiger partial charge is 0.276 e. The summed E-state index contributed by atoms with van der Waals surface area (Å²) in [6.07, 6.45) is 0. The standard InChI is InChI=1S/C18H17F2N3O2S2/c1-3-22(4-2)15(24)10-27-18-21-14-5-6-26-16(14)17(25)23(18)13-8-11(19)7-12(20)9-13/h5-9H,3-4,10H2,1-2H3. The quantitative estimate of drug-likeness (QED) is 0.460. The van der Waals surface area contributed by atoms with Crippen LogP contribution >= 0.6 is 23.1 Å². The Kier molecular flexibility index (Phi) is 5.91. The van der Waals surface area contributed by atoms with Crippen LogP contribution in [-0.2, 0) is 4.79 Å². The minimum Gasteiger partial charge on any atom is -0.343 e. The number of hydrogen-bond acceptors (Lipinski definition) is 5. The Labute approximate surface area is 162 Å². The topological polar surface area (TPSA) is 55.2 Å². The molecule has 3 rings (SSSR count). The Morgan fingerprint density at radius 3 is 2.52 bits per heavy atom. The monoisotopic (exact) mass is 409 g/mol. The van der Waals surface area contributed by atoms with Crippen molar-refractivity contribution in [1.29, 1.82) is 0 Å². The largest absolute Gasteiger partial charge is 0.343 e. The van der Waals surface area contributed by atoms with Gasteiger partial charge in [0, 0.05) is 19.2 Å². The van der Waals surface area contributed by atoms with Crippen molar-refractivity contribution in [1.82, 2.24) is 14.5 Å². The van der Waals surface area contributed by atoms with Crippen molar-refractivity contribution >= 4 is 39.2 Å². The second-order valence-electron chi connectivity index (χ2n) is 5.65. The molecule has 0 spiro atoms. The summed E-state index contributed by atoms with van der Waals surface area (Å²) in [7, 11) is 0. The number of benzene rings is 1. The van der Waals surface area contributed by atoms with Gasteiger partial charge in [-0.2, -0.15) is 0 Å². The molecule has 0 aliphatic heterocycles. The molecule has 0 saturated heterocycles. The van der Waals surface area contributed by atoms with Gasteiger partial charge in [-0.05, 0) is 37.4 Å². The van der Waals surface area contributed by atoms with Crippen LogP contribution in [0.4, 0.5) is 8.78 Å². The van der Waals surface area contributed by atoms with Gasteiger partial charge in [0.2, 0.25) is 5.91 Å². The molecule has 1 amide bonds. The number of amides is 1. The molecule has 142 valence electrons. The van der Waals surface area contributed by atoms with Crippen LogP contribution < -0.4 is 5.56 Å². The number of fused-ring (bicyclic) bond motifs is 1. The molecule has 0 atom stereocenters. The van der Waals surface area contributed by atoms with E-state index in [0.29, 0.717) is 23.3 Å². The van der Waals surface area contributed by atoms with Crippen LogP contribution in [0.3, 0.4) is 0 Å². The van der Waals surface area contributed by atoms with Crippen molar-refractivity contribution in [3.63, 3.8) is 0 Å². The zero-order valence-corrected chi connectivity index (χ0v) is 16.4. The van der Waals surface area contributed by atoms with E-state index in [1.54, 1.807) is 16.3 Å². The summed E-state index contributed by atoms with van der Waals surface area (Å²) in [6, 6.07) is 4.58. The average molecular weight is 409 g/mol. The fourth-order valence-electron chi connectivity index (χ4n) is 2.68. The first-order chi connectivity index (χ1) is 12.9. The SMILES string of the molecule is CCN(CC)C(=O)CSc1nc2ccsc2c(=O)n1-c1cc(F)cc(F)c1. The molecule has 2 heterocycles. The third kappa shape index (κ3) is 4.03. The molecular formula is C18H17F2N3O2S2. The number of thiophene rings is 1. The Morgan fingerprint density at radius 1 is 1.22 bits per heavy atom. The zero-order valence-electron chi connectivity index (χ0n) is 14.7. The normalized spacial score (nSPS) is 11.1. The third-order valence-corrected chi connectivity index (χ3v) is 5.81. The van der Waals surface area contributed by atoms with E-state index in [1.165, 1.54) is 11.3 Å². The van der Waals surface area contributed by atoms with Crippen LogP contribution in [0.1, 0.15) is 13.8 Å². The molecule has 9 heteroatoms. The molecule has 0 saturated carbocycles. The van der Waals surface area contributed by atoms with Gasteiger partial charge in [0.25, 0.3) is 5.56 Å². The summed E-state index contributed by atoms with van der Waals surface area (Å²) in [5, 5.41) is 1.95. The van der Waals surface area contributed by atoms with E-state index in [0.717, 1.165) is 34.5 Å². The first-order valence-electron chi connectivity index (χ1n) is 8.31. The number of carbonyl (C=O) groups is 1. The summed E-state index contributed by atoms with van der Waals surface area (Å²) in [5.74, 6) is -1.61. The van der Waals surface area contributed by atoms with Gasteiger partial charge in [-0.1, -0.05) is 11.8 Å². The van der Waals surface area contributed by atoms with Crippen LogP contribution in [0.2, 0.25) is 0 Å². The van der Waals surface area contributed by atoms with Crippen molar-refractivity contribution in [2.75, 3.05) is 18.8 Å². The molecule has 0 bridgehead atoms. The number of halogens is 2. The van der Waals surface area contributed by atoms with Gasteiger partial charge in [0.05, 0.1) is 17.0 Å². The van der Waals surface area contributed by atoms with E-state index in [9.17, 15) is 18.4 Å². The van der Waals surface area contributed by atoms with Crippen LogP contribution in [0.25, 0.3) is 15.9 Å². The maximum Gasteiger partial charge on any atom is 0.276 e. The van der Waals surface area contributed by atoms with Crippen molar-refractivity contribution in [3.05, 3.63) is 51.6 Å². The molecule has 0 aliphatic carbocycles. The molecule has 0 unspecified atom stereocenters. The van der Waals surface area contributed by atoms with E-state index < -0.39 is 17.2 Å². The number of carbonyl (C=O) groups excluding carboxylic acids is 1. The minimum atomic E-state index is -0.793. The van der Waals surface area contributed by atoms with Crippen molar-refractivity contribution in [2.24, 2.45) is 0 Å². The Morgan fingerprint density at radius 2 is 1.89 bits per heavy atom. The summed E-state index contributed by atoms with van der Waals surface area (Å²) in [4.78, 5) is 31.3. The highest BCUT2D eigenvalue weighted by atomic mass is 32.2. The van der Waals surface area contributed by atoms with E-state index in [4.69, 9.17) is 0 Å². The van der Waals surface area contributed by atoms with Crippen molar-refractivity contribution in [3.8, 4) is 5.69 Å². The van der Waals surface area contributed by atoms with Crippen LogP contribution in [0, 0.1) is 11.6 Å². The highest BCUT2D eigenvalue weighted by molar-refractivity contribution is 7.99. The van der Waals surface area contributed by atoms with Gasteiger partial charge >= 0.3 is 0 Å². The predicted octanol–water partition coefficient (Wildman–Crippen LogP) is 3.69. The van der Waals surface area contributed by atoms with Crippen LogP contribution in [0.15, 0.2) is 39.6 Å². The number of rotatable bonds is 6. The minimum absolute atomic E-state index is 0.0399. The average Bonchev–Trinajstić information content (AvgIpc) is 3.09. The van der Waals surface area contributed by atoms with Gasteiger partial charge in [-0.3, -0.25) is 14.2 Å². The number of thioether (sulfide) groups is 1. The summed E-state index contributed by atoms with van der Waals surface area (Å²) in [6.45, 7) is 4.92. The van der Waals surface area contributed by atoms with Gasteiger partial charge < -0.3 is 4.90 Å². The first kappa shape index (κ1) is 19.5. The summed E-state index contributed by atoms with van der Waals surface area (Å²) < 4.78 is 28.9. The molecule has 5 nitrogen and oxygen atoms in total. The Hall–Kier alpha value is -2.26. The fourth-order valence-corrected chi connectivity index (χ4v) is 4.35. The maximum atomic E-state index is 13.7. The summed E-state index contributed by atoms with van der Waals surface area (Å²) in [5.41, 5.74) is 0.117.